The molecule has 1 radical (unpaired) electrons. The minimum absolute atomic E-state index is 0.0148. The summed E-state index contributed by atoms with van der Waals surface area (Å²) in [5.41, 5.74) is 19.5. The number of hydrogen-bond acceptors (Lipinski definition) is 19. The zero-order chi connectivity index (χ0) is 80.3. The van der Waals surface area contributed by atoms with Crippen LogP contribution in [0.3, 0.4) is 0 Å². The Hall–Kier alpha value is -9.90. The molecule has 13 unspecified atom stereocenters. The Morgan fingerprint density at radius 1 is 0.457 bits per heavy atom. The van der Waals surface area contributed by atoms with Crippen molar-refractivity contribution < 1.29 is 57.4 Å². The van der Waals surface area contributed by atoms with Crippen LogP contribution in [-0.4, -0.2) is 167 Å². The zero-order valence-electron chi connectivity index (χ0n) is 67.2. The van der Waals surface area contributed by atoms with E-state index in [1.165, 1.54) is 93.6 Å². The summed E-state index contributed by atoms with van der Waals surface area (Å²) in [6.45, 7) is 15.9. The molecule has 607 valence electrons. The van der Waals surface area contributed by atoms with Gasteiger partial charge in [0.15, 0.2) is 0 Å². The van der Waals surface area contributed by atoms with Gasteiger partial charge in [-0.25, -0.2) is 19.6 Å². The summed E-state index contributed by atoms with van der Waals surface area (Å²) in [5, 5.41) is 10.8. The lowest BCUT2D eigenvalue weighted by Gasteiger charge is -2.40. The van der Waals surface area contributed by atoms with Gasteiger partial charge in [-0.1, -0.05) is 121 Å². The topological polar surface area (TPSA) is 260 Å². The minimum atomic E-state index is -0.426. The maximum Gasteiger partial charge on any atom is 0.410 e. The Labute approximate surface area is 681 Å². The second-order valence-electron chi connectivity index (χ2n) is 35.6. The molecule has 116 heavy (non-hydrogen) atoms. The lowest BCUT2D eigenvalue weighted by Crippen LogP contribution is -2.48. The van der Waals surface area contributed by atoms with Crippen LogP contribution >= 0.6 is 0 Å². The molecule has 12 heterocycles. The van der Waals surface area contributed by atoms with Crippen molar-refractivity contribution in [3.05, 3.63) is 190 Å². The van der Waals surface area contributed by atoms with Crippen LogP contribution in [0.25, 0.3) is 22.3 Å². The van der Waals surface area contributed by atoms with E-state index >= 15 is 0 Å². The van der Waals surface area contributed by atoms with Crippen LogP contribution in [0.5, 0.6) is 0 Å². The molecule has 22 nitrogen and oxygen atoms in total. The number of nitro groups is 1. The molecule has 10 saturated heterocycles. The number of rotatable bonds is 15. The summed E-state index contributed by atoms with van der Waals surface area (Å²) in [5.74, 6) is 2.20. The van der Waals surface area contributed by atoms with Crippen molar-refractivity contribution in [1.29, 1.82) is 0 Å². The van der Waals surface area contributed by atoms with Crippen molar-refractivity contribution in [2.75, 3.05) is 48.6 Å². The maximum atomic E-state index is 13.2. The summed E-state index contributed by atoms with van der Waals surface area (Å²) >= 11 is 0. The number of esters is 3. The molecule has 4 aromatic carbocycles. The van der Waals surface area contributed by atoms with Crippen molar-refractivity contribution in [1.82, 2.24) is 24.6 Å². The van der Waals surface area contributed by atoms with Gasteiger partial charge in [-0.3, -0.25) is 24.5 Å². The first-order valence-corrected chi connectivity index (χ1v) is 42.9. The van der Waals surface area contributed by atoms with E-state index in [9.17, 15) is 38.9 Å². The summed E-state index contributed by atoms with van der Waals surface area (Å²) in [6, 6.07) is 44.8. The van der Waals surface area contributed by atoms with Gasteiger partial charge in [0.05, 0.1) is 60.6 Å². The molecule has 3 spiro atoms. The molecule has 2 amide bonds. The molecule has 3 saturated carbocycles. The highest BCUT2D eigenvalue weighted by Gasteiger charge is 2.67. The highest BCUT2D eigenvalue weighted by atomic mass is 16.6. The molecular weight excluding hydrogens is 1460 g/mol. The highest BCUT2D eigenvalue weighted by Crippen LogP contribution is 2.67. The van der Waals surface area contributed by atoms with Crippen LogP contribution in [-0.2, 0) is 42.9 Å². The van der Waals surface area contributed by atoms with Gasteiger partial charge in [-0.15, -0.1) is 0 Å². The Bertz CT molecular complexity index is 4590. The molecule has 10 aliphatic heterocycles. The van der Waals surface area contributed by atoms with Gasteiger partial charge in [0.25, 0.3) is 13.1 Å². The van der Waals surface area contributed by atoms with Gasteiger partial charge in [0.1, 0.15) is 31.0 Å². The van der Waals surface area contributed by atoms with Gasteiger partial charge >= 0.3 is 30.1 Å². The summed E-state index contributed by atoms with van der Waals surface area (Å²) in [6.07, 6.45) is 27.7. The number of carbonyl (C=O) groups is 6. The number of nitrogens with zero attached hydrogens (tertiary/aromatic N) is 8. The van der Waals surface area contributed by atoms with E-state index in [0.29, 0.717) is 75.0 Å². The van der Waals surface area contributed by atoms with Gasteiger partial charge in [-0.05, 0) is 247 Å². The number of pyridine rings is 2. The highest BCUT2D eigenvalue weighted by molar-refractivity contribution is 6.64. The van der Waals surface area contributed by atoms with Crippen molar-refractivity contribution in [3.8, 4) is 22.3 Å². The third-order valence-electron chi connectivity index (χ3n) is 29.0. The first-order chi connectivity index (χ1) is 56.3. The molecule has 23 heteroatoms. The molecular formula is C93H109BN9O13. The lowest BCUT2D eigenvalue weighted by atomic mass is 9.85. The van der Waals surface area contributed by atoms with Gasteiger partial charge in [0, 0.05) is 78.3 Å². The largest absolute Gasteiger partial charge is 0.466 e. The van der Waals surface area contributed by atoms with E-state index in [0.717, 1.165) is 140 Å². The lowest BCUT2D eigenvalue weighted by molar-refractivity contribution is -0.385. The summed E-state index contributed by atoms with van der Waals surface area (Å²) < 4.78 is 27.5. The Balaban J connectivity index is 0.000000107. The summed E-state index contributed by atoms with van der Waals surface area (Å²) in [7, 11) is 1.70. The van der Waals surface area contributed by atoms with Gasteiger partial charge in [-0.2, -0.15) is 0 Å². The van der Waals surface area contributed by atoms with Crippen LogP contribution in [0.2, 0.25) is 0 Å². The van der Waals surface area contributed by atoms with Crippen molar-refractivity contribution in [2.24, 2.45) is 34.0 Å². The zero-order valence-corrected chi connectivity index (χ0v) is 67.2. The molecule has 15 aliphatic rings. The average Bonchev–Trinajstić information content (AvgIpc) is 1.56. The smallest absolute Gasteiger partial charge is 0.410 e. The molecule has 6 aromatic rings. The molecule has 13 fully saturated rings. The second-order valence-corrected chi connectivity index (χ2v) is 35.6. The van der Waals surface area contributed by atoms with E-state index in [2.05, 4.69) is 135 Å². The van der Waals surface area contributed by atoms with Crippen LogP contribution < -0.4 is 15.5 Å². The first-order valence-electron chi connectivity index (χ1n) is 42.9. The van der Waals surface area contributed by atoms with E-state index in [4.69, 9.17) is 29.4 Å². The van der Waals surface area contributed by atoms with Gasteiger partial charge < -0.3 is 58.6 Å². The molecule has 5 aliphatic carbocycles. The molecule has 21 rings (SSSR count). The monoisotopic (exact) mass is 1570 g/mol. The molecule has 10 bridgehead atoms. The van der Waals surface area contributed by atoms with Crippen LogP contribution in [0.1, 0.15) is 203 Å². The number of hydrogen-bond donors (Lipinski definition) is 1. The van der Waals surface area contributed by atoms with E-state index in [1.54, 1.807) is 19.7 Å². The number of anilines is 3. The summed E-state index contributed by atoms with van der Waals surface area (Å²) in [4.78, 5) is 103. The number of piperidine rings is 5. The SMILES string of the molecule is C=C1CC2CCC(C1)N2C(=O)OCC1c2ccccc2-c2ccccc21.C=C1CC2CCC(C1)N2[B]C=O.CCOC(=O)C1CC12CC1CCC(C2)N1C(=O)OCC1c2ccccc2-c2ccccc21.CCOC(=O)C1CC12CC1CCC(C2)N1c1ccc(N)cn1.CCOC(=O)C1CC12CC1CCC(C2)N1c1ccc([N+](=O)[O-])cn1. The molecule has 2 aromatic heterocycles. The third kappa shape index (κ3) is 15.2. The number of benzene rings is 4. The number of amides is 2. The fourth-order valence-corrected chi connectivity index (χ4v) is 23.7. The maximum absolute atomic E-state index is 13.2. The minimum Gasteiger partial charge on any atom is -0.466 e. The predicted octanol–water partition coefficient (Wildman–Crippen LogP) is 16.3. The number of ether oxygens (including phenoxy) is 5. The van der Waals surface area contributed by atoms with Gasteiger partial charge in [0.2, 0.25) is 0 Å². The molecule has 13 atom stereocenters. The quantitative estimate of drug-likeness (QED) is 0.0190. The van der Waals surface area contributed by atoms with Crippen molar-refractivity contribution in [3.63, 3.8) is 0 Å². The Morgan fingerprint density at radius 3 is 1.13 bits per heavy atom. The van der Waals surface area contributed by atoms with E-state index in [-0.39, 0.29) is 106 Å². The Kier molecular flexibility index (Phi) is 22.1. The van der Waals surface area contributed by atoms with Crippen molar-refractivity contribution >= 4 is 66.7 Å². The fourth-order valence-electron chi connectivity index (χ4n) is 23.7. The average molecular weight is 1570 g/mol. The standard InChI is InChI=1S/C27H29NO4.C23H23NO2.C17H21N3O4.C17H23N3O2.C9H13BNO/c1-2-31-25(29)24-15-27(24)13-17-11-12-18(14-27)28(17)26(30)32-16-23-21-9-5-3-7-19(21)20-8-4-6-10-22(20)23;1-15-12-16-10-11-17(13-15)24(16)23(25)26-14-22-20-8-4-2-6-18(20)19-7-3-5-9-21(19)22;1-2-24-16(21)14-9-17(14)7-11-3-4-12(8-17)19(11)15-6-5-13(10-18-15)20(22)23;1-2-22-16(21)14-9-17(14)7-12-4-5-13(8-17)20(12)15-6-3-11(18)10-19-15;1-7-4-8-2-3-9(5-7)11(8)10-6-12/h3-10,17-18,23-24H,2,11-16H2,1H3;2-9,16-17,22H,1,10-14H2;5-6,10-12,14H,2-4,7-9H2,1H3;3,6,10,12-14H,2,4-5,7-9,18H2,1H3;6,8-9H,1-5H2. The number of nitrogens with two attached hydrogens (primary N) is 1. The normalized spacial score (nSPS) is 30.8. The van der Waals surface area contributed by atoms with Crippen LogP contribution in [0.4, 0.5) is 32.6 Å². The van der Waals surface area contributed by atoms with Crippen LogP contribution in [0, 0.1) is 44.1 Å². The predicted molar refractivity (Wildman–Crippen MR) is 443 cm³/mol. The second kappa shape index (κ2) is 32.5. The number of fused-ring (bicyclic) bond motifs is 16. The number of nitrogen functional groups attached to an aromatic ring is 1. The van der Waals surface area contributed by atoms with Crippen molar-refractivity contribution in [2.45, 2.75) is 241 Å². The first kappa shape index (κ1) is 78.6. The fraction of sp³-hybridized carbons (Fsp3) is 0.527. The van der Waals surface area contributed by atoms with E-state index in [1.807, 2.05) is 42.7 Å². The third-order valence-corrected chi connectivity index (χ3v) is 29.0. The number of carbonyl (C=O) groups excluding carboxylic acids is 6. The Morgan fingerprint density at radius 2 is 0.784 bits per heavy atom. The number of aromatic nitrogens is 2. The van der Waals surface area contributed by atoms with Crippen LogP contribution in [0.15, 0.2) is 158 Å². The van der Waals surface area contributed by atoms with E-state index < -0.39 is 4.92 Å². The molecule has 2 N–H and O–H groups in total.